The lowest BCUT2D eigenvalue weighted by molar-refractivity contribution is -0.123. The van der Waals surface area contributed by atoms with Crippen LogP contribution in [-0.2, 0) is 9.59 Å². The predicted octanol–water partition coefficient (Wildman–Crippen LogP) is 0.188. The normalized spacial score (nSPS) is 29.8. The van der Waals surface area contributed by atoms with Gasteiger partial charge in [-0.15, -0.1) is 0 Å². The minimum Gasteiger partial charge on any atom is -0.388 e. The van der Waals surface area contributed by atoms with E-state index in [0.717, 1.165) is 0 Å². The molecule has 23 heteroatoms. The zero-order chi connectivity index (χ0) is 41.0. The van der Waals surface area contributed by atoms with E-state index >= 15 is 0 Å². The van der Waals surface area contributed by atoms with Crippen molar-refractivity contribution in [1.29, 1.82) is 0 Å². The molecule has 8 N–H and O–H groups in total. The van der Waals surface area contributed by atoms with Crippen LogP contribution in [-0.4, -0.2) is 162 Å². The van der Waals surface area contributed by atoms with Gasteiger partial charge in [-0.3, -0.25) is 9.59 Å². The smallest absolute Gasteiger partial charge is 0.320 e. The lowest BCUT2D eigenvalue weighted by Gasteiger charge is -2.25. The molecule has 2 aliphatic heterocycles. The molecule has 4 aromatic heterocycles. The lowest BCUT2D eigenvalue weighted by Crippen LogP contribution is -2.42. The van der Waals surface area contributed by atoms with Gasteiger partial charge in [0.2, 0.25) is 22.4 Å². The second-order valence-electron chi connectivity index (χ2n) is 15.4. The Labute approximate surface area is 341 Å². The molecule has 2 saturated heterocycles. The number of fused-ring (bicyclic) bond motifs is 2. The molecule has 8 rings (SSSR count). The van der Waals surface area contributed by atoms with Gasteiger partial charge in [-0.25, -0.2) is 14.8 Å². The van der Waals surface area contributed by atoms with E-state index in [2.05, 4.69) is 51.2 Å². The number of amides is 4. The summed E-state index contributed by atoms with van der Waals surface area (Å²) in [7, 11) is 0. The predicted molar refractivity (Wildman–Crippen MR) is 209 cm³/mol. The van der Waals surface area contributed by atoms with Gasteiger partial charge in [-0.1, -0.05) is 13.8 Å². The molecule has 4 aliphatic rings. The van der Waals surface area contributed by atoms with Gasteiger partial charge in [0.05, 0.1) is 36.8 Å². The molecular weight excluding hydrogens is 799 g/mol. The van der Waals surface area contributed by atoms with Crippen LogP contribution in [0.15, 0.2) is 12.7 Å². The summed E-state index contributed by atoms with van der Waals surface area (Å²) in [5.41, 5.74) is 1.54. The summed E-state index contributed by atoms with van der Waals surface area (Å²) in [5, 5.41) is 55.3. The van der Waals surface area contributed by atoms with Crippen molar-refractivity contribution >= 4 is 75.0 Å². The third kappa shape index (κ3) is 7.54. The summed E-state index contributed by atoms with van der Waals surface area (Å²) in [6.45, 7) is 5.22. The second-order valence-corrected chi connectivity index (χ2v) is 16.1. The first-order chi connectivity index (χ1) is 27.8. The number of aliphatic hydroxyl groups excluding tert-OH is 4. The van der Waals surface area contributed by atoms with Crippen LogP contribution >= 0.6 is 23.2 Å². The summed E-state index contributed by atoms with van der Waals surface area (Å²) in [6.07, 6.45) is 0.610. The van der Waals surface area contributed by atoms with Crippen molar-refractivity contribution in [2.45, 2.75) is 113 Å². The van der Waals surface area contributed by atoms with Gasteiger partial charge < -0.3 is 60.6 Å². The van der Waals surface area contributed by atoms with Gasteiger partial charge in [0.15, 0.2) is 34.0 Å². The number of nitrogens with one attached hydrogen (secondary N) is 4. The number of carbonyl (C=O) groups is 3. The van der Waals surface area contributed by atoms with Crippen molar-refractivity contribution < 1.29 is 34.8 Å². The maximum atomic E-state index is 13.7. The number of anilines is 2. The summed E-state index contributed by atoms with van der Waals surface area (Å²) < 4.78 is 3.29. The minimum absolute atomic E-state index is 0.0443. The molecule has 58 heavy (non-hydrogen) atoms. The van der Waals surface area contributed by atoms with Crippen LogP contribution in [0.2, 0.25) is 10.6 Å². The molecule has 2 aliphatic carbocycles. The number of imidazole rings is 2. The zero-order valence-corrected chi connectivity index (χ0v) is 33.3. The lowest BCUT2D eigenvalue weighted by atomic mass is 10.2. The van der Waals surface area contributed by atoms with Crippen LogP contribution in [0, 0.1) is 0 Å². The number of nitrogens with zero attached hydrogens (tertiary/aromatic N) is 10. The first-order valence-corrected chi connectivity index (χ1v) is 20.3. The quantitative estimate of drug-likeness (QED) is 0.0990. The van der Waals surface area contributed by atoms with E-state index in [1.807, 2.05) is 0 Å². The van der Waals surface area contributed by atoms with Crippen LogP contribution in [0.3, 0.4) is 0 Å². The average Bonchev–Trinajstić information content (AvgIpc) is 4.07. The van der Waals surface area contributed by atoms with Crippen LogP contribution in [0.5, 0.6) is 0 Å². The summed E-state index contributed by atoms with van der Waals surface area (Å²) >= 11 is 12.7. The first-order valence-electron chi connectivity index (χ1n) is 19.5. The van der Waals surface area contributed by atoms with E-state index in [4.69, 9.17) is 23.2 Å². The molecule has 0 radical (unpaired) electrons. The molecule has 2 saturated carbocycles. The van der Waals surface area contributed by atoms with Crippen molar-refractivity contribution in [2.24, 2.45) is 0 Å². The summed E-state index contributed by atoms with van der Waals surface area (Å²) in [6, 6.07) is -2.97. The topological polar surface area (TPSA) is 274 Å². The van der Waals surface area contributed by atoms with Gasteiger partial charge in [-0.05, 0) is 48.9 Å². The van der Waals surface area contributed by atoms with E-state index in [-0.39, 0.29) is 66.2 Å². The Kier molecular flexibility index (Phi) is 11.2. The third-order valence-corrected chi connectivity index (χ3v) is 12.1. The van der Waals surface area contributed by atoms with E-state index in [1.54, 1.807) is 32.8 Å². The molecule has 4 fully saturated rings. The molecule has 21 nitrogen and oxygen atoms in total. The number of likely N-dealkylation sites (tertiary alicyclic amines) is 2. The minimum atomic E-state index is -1.18. The summed E-state index contributed by atoms with van der Waals surface area (Å²) in [5.74, 6) is 0.296. The molecule has 0 unspecified atom stereocenters. The van der Waals surface area contributed by atoms with Gasteiger partial charge in [0, 0.05) is 51.1 Å². The Morgan fingerprint density at radius 1 is 0.672 bits per heavy atom. The Bertz CT molecular complexity index is 2060. The zero-order valence-electron chi connectivity index (χ0n) is 31.7. The van der Waals surface area contributed by atoms with Crippen LogP contribution < -0.4 is 21.3 Å². The number of hydrogen-bond acceptors (Lipinski definition) is 15. The molecule has 0 bridgehead atoms. The van der Waals surface area contributed by atoms with Gasteiger partial charge in [0.1, 0.15) is 24.4 Å². The third-order valence-electron chi connectivity index (χ3n) is 11.7. The van der Waals surface area contributed by atoms with Crippen LogP contribution in [0.4, 0.5) is 16.4 Å². The average molecular weight is 846 g/mol. The number of aromatic nitrogens is 8. The maximum absolute atomic E-state index is 13.7. The summed E-state index contributed by atoms with van der Waals surface area (Å²) in [4.78, 5) is 67.9. The first kappa shape index (κ1) is 40.1. The number of aliphatic hydroxyl groups is 4. The van der Waals surface area contributed by atoms with Crippen molar-refractivity contribution in [2.75, 3.05) is 36.8 Å². The number of halogens is 2. The number of carbonyl (C=O) groups excluding carboxylic acids is 3. The highest BCUT2D eigenvalue weighted by Gasteiger charge is 2.45. The highest BCUT2D eigenvalue weighted by Crippen LogP contribution is 2.36. The fourth-order valence-corrected chi connectivity index (χ4v) is 8.96. The van der Waals surface area contributed by atoms with Gasteiger partial charge in [-0.2, -0.15) is 19.9 Å². The SMILES string of the molecule is CCC(=O)N[C@H]1C[C@@H](n2cnc3c(N[C@@H]4CCN(C(=O)N5CC[C@@H](Nc6nc(Cl)nc7c6ncn7[C@@H]6C[C@H](NC(=O)CC)[C@@H](O)[C@H]6O)C5)C4)nc(Cl)nc32)[C@H](O)[C@@H]1O. The molecule has 6 heterocycles. The van der Waals surface area contributed by atoms with E-state index < -0.39 is 48.6 Å². The fourth-order valence-electron chi connectivity index (χ4n) is 8.63. The van der Waals surface area contributed by atoms with E-state index in [0.29, 0.717) is 73.0 Å². The number of rotatable bonds is 10. The van der Waals surface area contributed by atoms with Crippen LogP contribution in [0.1, 0.15) is 64.5 Å². The largest absolute Gasteiger partial charge is 0.388 e. The molecule has 0 spiro atoms. The van der Waals surface area contributed by atoms with Crippen molar-refractivity contribution in [1.82, 2.24) is 59.5 Å². The molecular formula is C35H46Cl2N14O7. The Morgan fingerprint density at radius 2 is 1.09 bits per heavy atom. The van der Waals surface area contributed by atoms with Gasteiger partial charge in [0.25, 0.3) is 0 Å². The Morgan fingerprint density at radius 3 is 1.48 bits per heavy atom. The molecule has 0 aromatic carbocycles. The van der Waals surface area contributed by atoms with Crippen molar-refractivity contribution in [3.8, 4) is 0 Å². The molecule has 4 amide bonds. The van der Waals surface area contributed by atoms with Crippen molar-refractivity contribution in [3.05, 3.63) is 23.2 Å². The Hall–Kier alpha value is -4.67. The van der Waals surface area contributed by atoms with Crippen LogP contribution in [0.25, 0.3) is 22.3 Å². The van der Waals surface area contributed by atoms with E-state index in [1.165, 1.54) is 12.7 Å². The highest BCUT2D eigenvalue weighted by atomic mass is 35.5. The molecule has 4 aromatic rings. The molecule has 312 valence electrons. The Balaban J connectivity index is 0.896. The standard InChI is InChI=1S/C35H46Cl2N14O7/c1-3-21(52)42-17-9-19(27(56)25(17)54)50-13-38-23-29(44-33(36)46-31(23)50)40-15-5-7-48(11-15)35(58)49-8-6-16(12-49)41-30-24-32(47-34(37)45-30)51(14-39-24)20-10-18(26(55)28(20)57)43-22(53)4-2/h13-20,25-28,54-57H,3-12H2,1-2H3,(H,42,52)(H,43,53)(H,40,44,46)(H,41,45,47)/t15-,16-,17+,18+,19-,20-,25-,26-,27+,28+/m1/s1. The monoisotopic (exact) mass is 844 g/mol. The maximum Gasteiger partial charge on any atom is 0.320 e. The molecule has 10 atom stereocenters. The van der Waals surface area contributed by atoms with Gasteiger partial charge >= 0.3 is 6.03 Å². The van der Waals surface area contributed by atoms with E-state index in [9.17, 15) is 34.8 Å². The number of urea groups is 1. The highest BCUT2D eigenvalue weighted by molar-refractivity contribution is 6.29. The number of hydrogen-bond donors (Lipinski definition) is 8. The second kappa shape index (κ2) is 16.2. The van der Waals surface area contributed by atoms with Crippen molar-refractivity contribution in [3.63, 3.8) is 0 Å². The fraction of sp³-hybridized carbons (Fsp3) is 0.629.